The van der Waals surface area contributed by atoms with Gasteiger partial charge >= 0.3 is 0 Å². The zero-order valence-electron chi connectivity index (χ0n) is 11.3. The van der Waals surface area contributed by atoms with Crippen molar-refractivity contribution < 1.29 is 4.79 Å². The lowest BCUT2D eigenvalue weighted by molar-refractivity contribution is -0.121. The third-order valence-electron chi connectivity index (χ3n) is 3.55. The summed E-state index contributed by atoms with van der Waals surface area (Å²) in [5, 5.41) is 4.25. The van der Waals surface area contributed by atoms with Crippen LogP contribution in [-0.2, 0) is 11.2 Å². The fourth-order valence-electron chi connectivity index (χ4n) is 2.58. The van der Waals surface area contributed by atoms with Gasteiger partial charge in [0.2, 0.25) is 5.91 Å². The summed E-state index contributed by atoms with van der Waals surface area (Å²) in [7, 11) is 0. The van der Waals surface area contributed by atoms with Crippen LogP contribution in [0.15, 0.2) is 0 Å². The molecule has 3 nitrogen and oxygen atoms in total. The number of hydrogen-bond donors (Lipinski definition) is 1. The van der Waals surface area contributed by atoms with Gasteiger partial charge in [0.15, 0.2) is 0 Å². The van der Waals surface area contributed by atoms with Crippen LogP contribution in [0.4, 0.5) is 0 Å². The molecular weight excluding hydrogens is 244 g/mol. The summed E-state index contributed by atoms with van der Waals surface area (Å²) in [4.78, 5) is 17.5. The van der Waals surface area contributed by atoms with Crippen LogP contribution < -0.4 is 5.32 Å². The van der Waals surface area contributed by atoms with E-state index in [2.05, 4.69) is 10.3 Å². The number of aryl methyl sites for hydroxylation is 3. The van der Waals surface area contributed by atoms with Gasteiger partial charge in [0.1, 0.15) is 0 Å². The van der Waals surface area contributed by atoms with Gasteiger partial charge in [0.25, 0.3) is 0 Å². The molecule has 1 amide bonds. The monoisotopic (exact) mass is 266 g/mol. The Kier molecular flexibility index (Phi) is 4.75. The summed E-state index contributed by atoms with van der Waals surface area (Å²) < 4.78 is 0. The Bertz CT molecular complexity index is 408. The Balaban J connectivity index is 1.75. The molecule has 4 heteroatoms. The van der Waals surface area contributed by atoms with Crippen molar-refractivity contribution in [1.29, 1.82) is 0 Å². The maximum absolute atomic E-state index is 11.9. The first kappa shape index (κ1) is 13.5. The molecule has 1 heterocycles. The van der Waals surface area contributed by atoms with Crippen LogP contribution in [-0.4, -0.2) is 16.9 Å². The van der Waals surface area contributed by atoms with Crippen LogP contribution in [0.1, 0.15) is 54.1 Å². The molecule has 1 aliphatic rings. The van der Waals surface area contributed by atoms with Crippen molar-refractivity contribution in [3.8, 4) is 0 Å². The van der Waals surface area contributed by atoms with E-state index in [-0.39, 0.29) is 5.91 Å². The molecule has 0 bridgehead atoms. The molecule has 1 saturated carbocycles. The average Bonchev–Trinajstić information content (AvgIpc) is 2.66. The Labute approximate surface area is 113 Å². The molecule has 1 N–H and O–H groups in total. The first-order valence-electron chi connectivity index (χ1n) is 6.87. The molecule has 0 radical (unpaired) electrons. The summed E-state index contributed by atoms with van der Waals surface area (Å²) in [6.45, 7) is 4.04. The van der Waals surface area contributed by atoms with Crippen molar-refractivity contribution in [2.75, 3.05) is 0 Å². The van der Waals surface area contributed by atoms with Crippen LogP contribution in [0.5, 0.6) is 0 Å². The summed E-state index contributed by atoms with van der Waals surface area (Å²) in [6, 6.07) is 0.426. The minimum absolute atomic E-state index is 0.201. The summed E-state index contributed by atoms with van der Waals surface area (Å²) >= 11 is 1.71. The maximum atomic E-state index is 11.9. The molecule has 0 saturated heterocycles. The highest BCUT2D eigenvalue weighted by Gasteiger charge is 2.16. The molecule has 1 fully saturated rings. The van der Waals surface area contributed by atoms with E-state index >= 15 is 0 Å². The number of rotatable bonds is 4. The van der Waals surface area contributed by atoms with E-state index in [1.807, 2.05) is 13.8 Å². The number of thiazole rings is 1. The van der Waals surface area contributed by atoms with Gasteiger partial charge in [-0.2, -0.15) is 0 Å². The highest BCUT2D eigenvalue weighted by molar-refractivity contribution is 7.11. The van der Waals surface area contributed by atoms with Crippen molar-refractivity contribution in [3.63, 3.8) is 0 Å². The third kappa shape index (κ3) is 3.80. The van der Waals surface area contributed by atoms with Crippen molar-refractivity contribution >= 4 is 17.2 Å². The maximum Gasteiger partial charge on any atom is 0.220 e. The molecule has 100 valence electrons. The Morgan fingerprint density at radius 3 is 2.67 bits per heavy atom. The van der Waals surface area contributed by atoms with Crippen LogP contribution in [0.2, 0.25) is 0 Å². The number of nitrogens with zero attached hydrogens (tertiary/aromatic N) is 1. The van der Waals surface area contributed by atoms with E-state index in [1.54, 1.807) is 11.3 Å². The predicted molar refractivity (Wildman–Crippen MR) is 74.9 cm³/mol. The van der Waals surface area contributed by atoms with Gasteiger partial charge in [-0.25, -0.2) is 4.98 Å². The van der Waals surface area contributed by atoms with Crippen LogP contribution >= 0.6 is 11.3 Å². The van der Waals surface area contributed by atoms with Gasteiger partial charge in [-0.15, -0.1) is 11.3 Å². The second kappa shape index (κ2) is 6.32. The number of carbonyl (C=O) groups is 1. The second-order valence-electron chi connectivity index (χ2n) is 5.14. The van der Waals surface area contributed by atoms with Crippen LogP contribution in [0, 0.1) is 13.8 Å². The Morgan fingerprint density at radius 1 is 1.33 bits per heavy atom. The fraction of sp³-hybridized carbons (Fsp3) is 0.714. The van der Waals surface area contributed by atoms with Crippen molar-refractivity contribution in [2.24, 2.45) is 0 Å². The molecule has 1 aromatic rings. The molecule has 1 aromatic heterocycles. The zero-order valence-corrected chi connectivity index (χ0v) is 12.1. The van der Waals surface area contributed by atoms with E-state index in [9.17, 15) is 4.79 Å². The zero-order chi connectivity index (χ0) is 13.0. The Hall–Kier alpha value is -0.900. The summed E-state index contributed by atoms with van der Waals surface area (Å²) in [6.07, 6.45) is 7.59. The lowest BCUT2D eigenvalue weighted by Crippen LogP contribution is -2.36. The summed E-state index contributed by atoms with van der Waals surface area (Å²) in [5.41, 5.74) is 1.09. The molecule has 0 aromatic carbocycles. The first-order valence-corrected chi connectivity index (χ1v) is 7.69. The van der Waals surface area contributed by atoms with E-state index in [0.29, 0.717) is 12.5 Å². The highest BCUT2D eigenvalue weighted by Crippen LogP contribution is 2.20. The smallest absolute Gasteiger partial charge is 0.220 e. The fourth-order valence-corrected chi connectivity index (χ4v) is 3.52. The van der Waals surface area contributed by atoms with Crippen molar-refractivity contribution in [2.45, 2.75) is 64.8 Å². The van der Waals surface area contributed by atoms with Gasteiger partial charge in [-0.3, -0.25) is 4.79 Å². The normalized spacial score (nSPS) is 16.8. The van der Waals surface area contributed by atoms with Gasteiger partial charge in [0, 0.05) is 17.3 Å². The number of amides is 1. The average molecular weight is 266 g/mol. The molecule has 0 atom stereocenters. The van der Waals surface area contributed by atoms with Gasteiger partial charge in [-0.05, 0) is 33.1 Å². The number of carbonyl (C=O) groups excluding carboxylic acids is 1. The van der Waals surface area contributed by atoms with E-state index in [1.165, 1.54) is 24.1 Å². The van der Waals surface area contributed by atoms with Gasteiger partial charge < -0.3 is 5.32 Å². The first-order chi connectivity index (χ1) is 8.65. The molecule has 0 unspecified atom stereocenters. The minimum atomic E-state index is 0.201. The number of hydrogen-bond acceptors (Lipinski definition) is 3. The van der Waals surface area contributed by atoms with E-state index in [0.717, 1.165) is 30.0 Å². The molecule has 1 aliphatic carbocycles. The molecule has 0 spiro atoms. The second-order valence-corrected chi connectivity index (χ2v) is 6.43. The lowest BCUT2D eigenvalue weighted by Gasteiger charge is -2.22. The molecule has 2 rings (SSSR count). The molecular formula is C14H22N2OS. The Morgan fingerprint density at radius 2 is 2.06 bits per heavy atom. The molecule has 18 heavy (non-hydrogen) atoms. The standard InChI is InChI=1S/C14H22N2OS/c1-10-13(18-11(2)15-10)8-9-14(17)16-12-6-4-3-5-7-12/h12H,3-9H2,1-2H3,(H,16,17). The molecule has 0 aliphatic heterocycles. The number of aromatic nitrogens is 1. The van der Waals surface area contributed by atoms with Crippen molar-refractivity contribution in [3.05, 3.63) is 15.6 Å². The van der Waals surface area contributed by atoms with Gasteiger partial charge in [0.05, 0.1) is 10.7 Å². The minimum Gasteiger partial charge on any atom is -0.353 e. The largest absolute Gasteiger partial charge is 0.353 e. The van der Waals surface area contributed by atoms with E-state index in [4.69, 9.17) is 0 Å². The topological polar surface area (TPSA) is 42.0 Å². The predicted octanol–water partition coefficient (Wildman–Crippen LogP) is 3.14. The SMILES string of the molecule is Cc1nc(C)c(CCC(=O)NC2CCCCC2)s1. The quantitative estimate of drug-likeness (QED) is 0.909. The number of nitrogens with one attached hydrogen (secondary N) is 1. The van der Waals surface area contributed by atoms with Crippen LogP contribution in [0.25, 0.3) is 0 Å². The summed E-state index contributed by atoms with van der Waals surface area (Å²) in [5.74, 6) is 0.201. The van der Waals surface area contributed by atoms with Gasteiger partial charge in [-0.1, -0.05) is 19.3 Å². The highest BCUT2D eigenvalue weighted by atomic mass is 32.1. The van der Waals surface area contributed by atoms with E-state index < -0.39 is 0 Å². The third-order valence-corrected chi connectivity index (χ3v) is 4.68. The lowest BCUT2D eigenvalue weighted by atomic mass is 9.95. The van der Waals surface area contributed by atoms with Crippen molar-refractivity contribution in [1.82, 2.24) is 10.3 Å². The van der Waals surface area contributed by atoms with Crippen LogP contribution in [0.3, 0.4) is 0 Å².